The van der Waals surface area contributed by atoms with E-state index in [1.54, 1.807) is 0 Å². The number of aromatic nitrogens is 4. The summed E-state index contributed by atoms with van der Waals surface area (Å²) < 4.78 is 2.71. The lowest BCUT2D eigenvalue weighted by atomic mass is 9.80. The summed E-state index contributed by atoms with van der Waals surface area (Å²) in [7, 11) is 0. The van der Waals surface area contributed by atoms with Gasteiger partial charge in [0.05, 0.1) is 27.5 Å². The lowest BCUT2D eigenvalue weighted by Crippen LogP contribution is -2.38. The Morgan fingerprint density at radius 3 is 2.91 bits per heavy atom. The molecule has 4 aromatic rings. The van der Waals surface area contributed by atoms with Gasteiger partial charge < -0.3 is 25.8 Å². The van der Waals surface area contributed by atoms with Crippen LogP contribution in [-0.4, -0.2) is 54.5 Å². The molecule has 2 aliphatic rings. The molecule has 0 radical (unpaired) electrons. The van der Waals surface area contributed by atoms with Crippen molar-refractivity contribution in [1.29, 1.82) is 0 Å². The first-order valence-corrected chi connectivity index (χ1v) is 12.4. The molecule has 5 atom stereocenters. The van der Waals surface area contributed by atoms with E-state index in [2.05, 4.69) is 54.4 Å². The van der Waals surface area contributed by atoms with Gasteiger partial charge in [-0.05, 0) is 59.0 Å². The van der Waals surface area contributed by atoms with Crippen molar-refractivity contribution in [3.05, 3.63) is 58.0 Å². The molecule has 4 heterocycles. The summed E-state index contributed by atoms with van der Waals surface area (Å²) in [6.45, 7) is 0.646. The number of nitrogens with two attached hydrogens (primary N) is 1. The van der Waals surface area contributed by atoms with E-state index in [-0.39, 0.29) is 12.1 Å². The van der Waals surface area contributed by atoms with Crippen LogP contribution in [-0.2, 0) is 6.42 Å². The van der Waals surface area contributed by atoms with Crippen LogP contribution < -0.4 is 11.1 Å². The van der Waals surface area contributed by atoms with Crippen LogP contribution >= 0.6 is 27.5 Å². The fourth-order valence-electron chi connectivity index (χ4n) is 5.83. The van der Waals surface area contributed by atoms with Crippen LogP contribution in [0.4, 0.5) is 5.82 Å². The number of nitrogen functional groups attached to an aromatic ring is 1. The zero-order chi connectivity index (χ0) is 23.6. The number of rotatable bonds is 3. The summed E-state index contributed by atoms with van der Waals surface area (Å²) in [6, 6.07) is 9.96. The Hall–Kier alpha value is -2.30. The monoisotopic (exact) mass is 542 g/mol. The zero-order valence-corrected chi connectivity index (χ0v) is 20.5. The summed E-state index contributed by atoms with van der Waals surface area (Å²) in [5.74, 6) is 0.410. The molecular formula is C24H24BrClN6O2. The summed E-state index contributed by atoms with van der Waals surface area (Å²) >= 11 is 9.61. The molecule has 5 N–H and O–H groups in total. The van der Waals surface area contributed by atoms with Gasteiger partial charge in [-0.2, -0.15) is 0 Å². The number of fused-ring (bicyclic) bond motifs is 2. The van der Waals surface area contributed by atoms with Gasteiger partial charge in [0.25, 0.3) is 0 Å². The molecule has 8 nitrogen and oxygen atoms in total. The molecule has 176 valence electrons. The Morgan fingerprint density at radius 1 is 1.21 bits per heavy atom. The third-order valence-electron chi connectivity index (χ3n) is 7.53. The normalized spacial score (nSPS) is 29.1. The number of nitrogens with one attached hydrogen (secondary N) is 1. The van der Waals surface area contributed by atoms with E-state index in [0.29, 0.717) is 29.6 Å². The van der Waals surface area contributed by atoms with Crippen LogP contribution in [0.15, 0.2) is 47.3 Å². The predicted molar refractivity (Wildman–Crippen MR) is 135 cm³/mol. The molecule has 1 spiro atoms. The van der Waals surface area contributed by atoms with Crippen molar-refractivity contribution in [3.8, 4) is 0 Å². The maximum atomic E-state index is 11.1. The summed E-state index contributed by atoms with van der Waals surface area (Å²) in [6.07, 6.45) is 3.80. The van der Waals surface area contributed by atoms with E-state index in [4.69, 9.17) is 17.3 Å². The number of aliphatic hydroxyl groups excluding tert-OH is 2. The van der Waals surface area contributed by atoms with Crippen molar-refractivity contribution in [2.45, 2.75) is 43.6 Å². The first-order valence-electron chi connectivity index (χ1n) is 11.3. The number of halogens is 2. The molecule has 3 aromatic heterocycles. The zero-order valence-electron chi connectivity index (χ0n) is 18.2. The van der Waals surface area contributed by atoms with Gasteiger partial charge >= 0.3 is 0 Å². The van der Waals surface area contributed by atoms with Gasteiger partial charge in [-0.25, -0.2) is 15.0 Å². The van der Waals surface area contributed by atoms with Crippen LogP contribution in [0, 0.1) is 5.41 Å². The number of nitrogens with zero attached hydrogens (tertiary/aromatic N) is 4. The van der Waals surface area contributed by atoms with E-state index in [1.165, 1.54) is 6.33 Å². The Bertz CT molecular complexity index is 1410. The second-order valence-electron chi connectivity index (χ2n) is 9.56. The largest absolute Gasteiger partial charge is 0.390 e. The average Bonchev–Trinajstić information content (AvgIpc) is 3.49. The van der Waals surface area contributed by atoms with Gasteiger partial charge in [0, 0.05) is 29.6 Å². The van der Waals surface area contributed by atoms with Gasteiger partial charge in [0.2, 0.25) is 0 Å². The van der Waals surface area contributed by atoms with Crippen LogP contribution in [0.5, 0.6) is 0 Å². The number of benzene rings is 1. The predicted octanol–water partition coefficient (Wildman–Crippen LogP) is 3.24. The number of aliphatic hydroxyl groups is 2. The topological polar surface area (TPSA) is 122 Å². The molecule has 1 aliphatic heterocycles. The highest BCUT2D eigenvalue weighted by Gasteiger charge is 2.56. The van der Waals surface area contributed by atoms with Gasteiger partial charge in [0.15, 0.2) is 0 Å². The molecule has 1 aromatic carbocycles. The van der Waals surface area contributed by atoms with Crippen LogP contribution in [0.25, 0.3) is 21.9 Å². The van der Waals surface area contributed by atoms with Crippen molar-refractivity contribution in [2.75, 3.05) is 12.3 Å². The highest BCUT2D eigenvalue weighted by molar-refractivity contribution is 9.10. The number of anilines is 1. The van der Waals surface area contributed by atoms with Crippen LogP contribution in [0.3, 0.4) is 0 Å². The molecule has 6 rings (SSSR count). The molecule has 10 heteroatoms. The van der Waals surface area contributed by atoms with E-state index >= 15 is 0 Å². The molecule has 2 fully saturated rings. The summed E-state index contributed by atoms with van der Waals surface area (Å²) in [4.78, 5) is 12.9. The lowest BCUT2D eigenvalue weighted by Gasteiger charge is -2.27. The van der Waals surface area contributed by atoms with Crippen molar-refractivity contribution in [1.82, 2.24) is 24.8 Å². The summed E-state index contributed by atoms with van der Waals surface area (Å²) in [5.41, 5.74) is 8.27. The molecular weight excluding hydrogens is 520 g/mol. The first kappa shape index (κ1) is 22.2. The molecule has 1 aliphatic carbocycles. The van der Waals surface area contributed by atoms with E-state index in [9.17, 15) is 10.2 Å². The van der Waals surface area contributed by atoms with E-state index in [0.717, 1.165) is 39.2 Å². The van der Waals surface area contributed by atoms with E-state index < -0.39 is 17.6 Å². The Morgan fingerprint density at radius 2 is 2.06 bits per heavy atom. The minimum absolute atomic E-state index is 0.184. The highest BCUT2D eigenvalue weighted by Crippen LogP contribution is 2.50. The third-order valence-corrected chi connectivity index (χ3v) is 8.65. The Balaban J connectivity index is 1.23. The smallest absolute Gasteiger partial charge is 0.145 e. The molecule has 0 amide bonds. The standard InChI is InChI=1S/C24H24BrClN6O2/c25-16-7-13-2-1-12(6-17(13)31-21(16)26)5-14-8-24(10-28-14)9-18(19(33)20(24)34)32-4-3-15-22(27)29-11-30-23(15)32/h1-4,6-7,11,14,18-20,28,33-34H,5,8-10H2,(H2,27,29,30)/t14-,18+,19-,20-,24-/m0/s1. The Labute approximate surface area is 209 Å². The molecule has 0 bridgehead atoms. The number of pyridine rings is 1. The van der Waals surface area contributed by atoms with Crippen molar-refractivity contribution in [2.24, 2.45) is 5.41 Å². The van der Waals surface area contributed by atoms with Crippen LogP contribution in [0.2, 0.25) is 5.15 Å². The average molecular weight is 544 g/mol. The maximum absolute atomic E-state index is 11.1. The highest BCUT2D eigenvalue weighted by atomic mass is 79.9. The maximum Gasteiger partial charge on any atom is 0.145 e. The van der Waals surface area contributed by atoms with Gasteiger partial charge in [-0.15, -0.1) is 0 Å². The van der Waals surface area contributed by atoms with Gasteiger partial charge in [-0.1, -0.05) is 23.7 Å². The fraction of sp³-hybridized carbons (Fsp3) is 0.375. The second-order valence-corrected chi connectivity index (χ2v) is 10.8. The van der Waals surface area contributed by atoms with Crippen molar-refractivity contribution < 1.29 is 10.2 Å². The molecule has 1 saturated carbocycles. The van der Waals surface area contributed by atoms with Crippen molar-refractivity contribution >= 4 is 55.3 Å². The van der Waals surface area contributed by atoms with Crippen LogP contribution in [0.1, 0.15) is 24.4 Å². The lowest BCUT2D eigenvalue weighted by molar-refractivity contribution is -0.0217. The molecule has 34 heavy (non-hydrogen) atoms. The number of hydrogen-bond acceptors (Lipinski definition) is 7. The van der Waals surface area contributed by atoms with Crippen molar-refractivity contribution in [3.63, 3.8) is 0 Å². The second kappa shape index (κ2) is 8.13. The minimum Gasteiger partial charge on any atom is -0.390 e. The molecule has 1 saturated heterocycles. The fourth-order valence-corrected chi connectivity index (χ4v) is 6.32. The number of hydrogen-bond donors (Lipinski definition) is 4. The van der Waals surface area contributed by atoms with Gasteiger partial charge in [0.1, 0.15) is 29.0 Å². The third kappa shape index (κ3) is 3.49. The minimum atomic E-state index is -0.891. The quantitative estimate of drug-likeness (QED) is 0.293. The van der Waals surface area contributed by atoms with Gasteiger partial charge in [-0.3, -0.25) is 0 Å². The SMILES string of the molecule is Nc1ncnc2c1ccn2[C@@H]1C[C@@]2(CN[C@@H](Cc3ccc4cc(Br)c(Cl)nc4c3)C2)[C@@H](O)[C@H]1O. The Kier molecular flexibility index (Phi) is 5.31. The first-order chi connectivity index (χ1) is 16.3. The van der Waals surface area contributed by atoms with E-state index in [1.807, 2.05) is 22.9 Å². The summed E-state index contributed by atoms with van der Waals surface area (Å²) in [5, 5.41) is 28.0. The molecule has 0 unspecified atom stereocenters.